The standard InChI is InChI=1S/C11H9Cl2F6N/c12-6-1-2-7(13)5(3-6)4-8(20)9(10(14,15)16)11(17,18)19/h1-3,8-9H,4,20H2. The van der Waals surface area contributed by atoms with Gasteiger partial charge in [0.05, 0.1) is 0 Å². The van der Waals surface area contributed by atoms with Crippen LogP contribution in [0.1, 0.15) is 5.56 Å². The molecule has 0 heterocycles. The molecule has 0 radical (unpaired) electrons. The van der Waals surface area contributed by atoms with E-state index >= 15 is 0 Å². The summed E-state index contributed by atoms with van der Waals surface area (Å²) in [6.45, 7) is 0. The molecule has 0 bridgehead atoms. The Labute approximate surface area is 120 Å². The Kier molecular flexibility index (Phi) is 5.21. The van der Waals surface area contributed by atoms with Crippen LogP contribution in [0, 0.1) is 5.92 Å². The van der Waals surface area contributed by atoms with Gasteiger partial charge in [0, 0.05) is 16.1 Å². The topological polar surface area (TPSA) is 26.0 Å². The Bertz CT molecular complexity index is 457. The molecule has 1 aromatic carbocycles. The summed E-state index contributed by atoms with van der Waals surface area (Å²) >= 11 is 11.3. The van der Waals surface area contributed by atoms with E-state index in [1.165, 1.54) is 18.2 Å². The van der Waals surface area contributed by atoms with Gasteiger partial charge in [-0.05, 0) is 30.2 Å². The SMILES string of the molecule is NC(Cc1cc(Cl)ccc1Cl)C(C(F)(F)F)C(F)(F)F. The number of halogens is 8. The third-order valence-electron chi connectivity index (χ3n) is 2.60. The minimum atomic E-state index is -5.48. The highest BCUT2D eigenvalue weighted by Gasteiger charge is 2.59. The van der Waals surface area contributed by atoms with Crippen molar-refractivity contribution in [3.05, 3.63) is 33.8 Å². The van der Waals surface area contributed by atoms with E-state index in [1.54, 1.807) is 0 Å². The van der Waals surface area contributed by atoms with Crippen LogP contribution in [-0.2, 0) is 6.42 Å². The van der Waals surface area contributed by atoms with Crippen LogP contribution in [0.5, 0.6) is 0 Å². The normalized spacial score (nSPS) is 14.7. The van der Waals surface area contributed by atoms with Crippen molar-refractivity contribution in [2.75, 3.05) is 0 Å². The van der Waals surface area contributed by atoms with Crippen molar-refractivity contribution in [2.45, 2.75) is 24.8 Å². The summed E-state index contributed by atoms with van der Waals surface area (Å²) in [5.41, 5.74) is 5.13. The number of benzene rings is 1. The maximum Gasteiger partial charge on any atom is 0.402 e. The monoisotopic (exact) mass is 339 g/mol. The Balaban J connectivity index is 3.03. The maximum absolute atomic E-state index is 12.5. The van der Waals surface area contributed by atoms with E-state index in [1.807, 2.05) is 0 Å². The molecule has 0 aliphatic rings. The van der Waals surface area contributed by atoms with Gasteiger partial charge < -0.3 is 5.73 Å². The highest BCUT2D eigenvalue weighted by atomic mass is 35.5. The van der Waals surface area contributed by atoms with Gasteiger partial charge in [0.2, 0.25) is 0 Å². The van der Waals surface area contributed by atoms with Gasteiger partial charge in [0.1, 0.15) is 0 Å². The number of nitrogens with two attached hydrogens (primary N) is 1. The molecule has 0 amide bonds. The van der Waals surface area contributed by atoms with E-state index in [9.17, 15) is 26.3 Å². The average Bonchev–Trinajstić information content (AvgIpc) is 2.18. The summed E-state index contributed by atoms with van der Waals surface area (Å²) in [6, 6.07) is 1.63. The summed E-state index contributed by atoms with van der Waals surface area (Å²) in [5, 5.41) is 0.153. The first-order valence-electron chi connectivity index (χ1n) is 5.26. The van der Waals surface area contributed by atoms with Crippen molar-refractivity contribution in [2.24, 2.45) is 11.7 Å². The zero-order valence-corrected chi connectivity index (χ0v) is 11.2. The van der Waals surface area contributed by atoms with Crippen LogP contribution in [0.25, 0.3) is 0 Å². The Morgan fingerprint density at radius 3 is 1.95 bits per heavy atom. The van der Waals surface area contributed by atoms with Crippen molar-refractivity contribution in [1.29, 1.82) is 0 Å². The van der Waals surface area contributed by atoms with Crippen LogP contribution in [0.2, 0.25) is 10.0 Å². The third-order valence-corrected chi connectivity index (χ3v) is 3.20. The van der Waals surface area contributed by atoms with E-state index in [2.05, 4.69) is 0 Å². The van der Waals surface area contributed by atoms with Crippen molar-refractivity contribution in [3.63, 3.8) is 0 Å². The first-order valence-corrected chi connectivity index (χ1v) is 6.01. The third kappa shape index (κ3) is 4.43. The largest absolute Gasteiger partial charge is 0.402 e. The van der Waals surface area contributed by atoms with Crippen LogP contribution < -0.4 is 5.73 Å². The second-order valence-electron chi connectivity index (χ2n) is 4.16. The average molecular weight is 340 g/mol. The van der Waals surface area contributed by atoms with Crippen LogP contribution >= 0.6 is 23.2 Å². The molecule has 9 heteroatoms. The Morgan fingerprint density at radius 2 is 1.50 bits per heavy atom. The molecule has 1 rings (SSSR count). The first kappa shape index (κ1) is 17.4. The molecule has 0 aliphatic heterocycles. The van der Waals surface area contributed by atoms with Crippen molar-refractivity contribution in [3.8, 4) is 0 Å². The van der Waals surface area contributed by atoms with Crippen molar-refractivity contribution < 1.29 is 26.3 Å². The summed E-state index contributed by atoms with van der Waals surface area (Å²) in [7, 11) is 0. The van der Waals surface area contributed by atoms with Gasteiger partial charge in [-0.2, -0.15) is 26.3 Å². The van der Waals surface area contributed by atoms with E-state index in [0.29, 0.717) is 0 Å². The molecule has 114 valence electrons. The molecule has 0 aliphatic carbocycles. The molecular weight excluding hydrogens is 331 g/mol. The summed E-state index contributed by atoms with van der Waals surface area (Å²) in [4.78, 5) is 0. The molecule has 0 aromatic heterocycles. The highest BCUT2D eigenvalue weighted by Crippen LogP contribution is 2.41. The molecule has 0 saturated heterocycles. The molecule has 0 fully saturated rings. The number of hydrogen-bond donors (Lipinski definition) is 1. The Hall–Kier alpha value is -0.660. The number of rotatable bonds is 3. The molecule has 0 spiro atoms. The fourth-order valence-corrected chi connectivity index (χ4v) is 2.13. The predicted octanol–water partition coefficient (Wildman–Crippen LogP) is 4.60. The predicted molar refractivity (Wildman–Crippen MR) is 63.7 cm³/mol. The number of alkyl halides is 6. The van der Waals surface area contributed by atoms with Crippen LogP contribution in [0.4, 0.5) is 26.3 Å². The highest BCUT2D eigenvalue weighted by molar-refractivity contribution is 6.33. The zero-order valence-electron chi connectivity index (χ0n) is 9.69. The van der Waals surface area contributed by atoms with Gasteiger partial charge in [-0.15, -0.1) is 0 Å². The van der Waals surface area contributed by atoms with Gasteiger partial charge in [-0.25, -0.2) is 0 Å². The van der Waals surface area contributed by atoms with Crippen LogP contribution in [0.15, 0.2) is 18.2 Å². The van der Waals surface area contributed by atoms with Crippen LogP contribution in [-0.4, -0.2) is 18.4 Å². The minimum Gasteiger partial charge on any atom is -0.327 e. The maximum atomic E-state index is 12.5. The van der Waals surface area contributed by atoms with Crippen molar-refractivity contribution >= 4 is 23.2 Å². The quantitative estimate of drug-likeness (QED) is 0.800. The summed E-state index contributed by atoms with van der Waals surface area (Å²) < 4.78 is 74.9. The van der Waals surface area contributed by atoms with Gasteiger partial charge in [-0.3, -0.25) is 0 Å². The summed E-state index contributed by atoms with van der Waals surface area (Å²) in [5.74, 6) is -3.62. The second-order valence-corrected chi connectivity index (χ2v) is 5.01. The molecule has 1 aromatic rings. The summed E-state index contributed by atoms with van der Waals surface area (Å²) in [6.07, 6.45) is -11.7. The van der Waals surface area contributed by atoms with E-state index in [0.717, 1.165) is 0 Å². The molecular formula is C11H9Cl2F6N. The van der Waals surface area contributed by atoms with Crippen molar-refractivity contribution in [1.82, 2.24) is 0 Å². The second kappa shape index (κ2) is 5.99. The first-order chi connectivity index (χ1) is 8.93. The lowest BCUT2D eigenvalue weighted by molar-refractivity contribution is -0.289. The molecule has 2 N–H and O–H groups in total. The zero-order chi connectivity index (χ0) is 15.7. The fraction of sp³-hybridized carbons (Fsp3) is 0.455. The smallest absolute Gasteiger partial charge is 0.327 e. The van der Waals surface area contributed by atoms with Gasteiger partial charge in [0.25, 0.3) is 0 Å². The Morgan fingerprint density at radius 1 is 1.00 bits per heavy atom. The lowest BCUT2D eigenvalue weighted by atomic mass is 9.93. The molecule has 0 saturated carbocycles. The number of hydrogen-bond acceptors (Lipinski definition) is 1. The molecule has 1 nitrogen and oxygen atoms in total. The minimum absolute atomic E-state index is 0.00736. The van der Waals surface area contributed by atoms with Gasteiger partial charge in [0.15, 0.2) is 5.92 Å². The fourth-order valence-electron chi connectivity index (χ4n) is 1.74. The van der Waals surface area contributed by atoms with E-state index in [4.69, 9.17) is 28.9 Å². The lowest BCUT2D eigenvalue weighted by Crippen LogP contribution is -2.49. The molecule has 1 atom stereocenters. The van der Waals surface area contributed by atoms with Gasteiger partial charge in [-0.1, -0.05) is 23.2 Å². The van der Waals surface area contributed by atoms with E-state index in [-0.39, 0.29) is 15.6 Å². The van der Waals surface area contributed by atoms with Crippen LogP contribution in [0.3, 0.4) is 0 Å². The van der Waals surface area contributed by atoms with Gasteiger partial charge >= 0.3 is 12.4 Å². The lowest BCUT2D eigenvalue weighted by Gasteiger charge is -2.28. The van der Waals surface area contributed by atoms with E-state index < -0.39 is 30.7 Å². The molecule has 1 unspecified atom stereocenters. The molecule has 20 heavy (non-hydrogen) atoms.